The number of unbranched alkanes of at least 4 members (excludes halogenated alkanes) is 1. The van der Waals surface area contributed by atoms with Crippen molar-refractivity contribution in [3.8, 4) is 5.75 Å². The molecule has 1 atom stereocenters. The molecule has 6 nitrogen and oxygen atoms in total. The Morgan fingerprint density at radius 1 is 1.06 bits per heavy atom. The summed E-state index contributed by atoms with van der Waals surface area (Å²) in [5.74, 6) is -1.46. The molecule has 2 aliphatic rings. The van der Waals surface area contributed by atoms with Gasteiger partial charge in [-0.3, -0.25) is 14.4 Å². The monoisotopic (exact) mass is 447 g/mol. The van der Waals surface area contributed by atoms with Crippen LogP contribution in [0.25, 0.3) is 5.76 Å². The van der Waals surface area contributed by atoms with E-state index in [1.54, 1.807) is 24.3 Å². The Bertz CT molecular complexity index is 1120. The lowest BCUT2D eigenvalue weighted by Gasteiger charge is -2.25. The number of hydrogen-bond acceptors (Lipinski definition) is 5. The SMILES string of the molecule is CCCCN1C(=O)C(=O)/C(=C(\O)c2ccc3c(c2)CCCC3)C1c1ccc(OC(C)=O)cc1. The van der Waals surface area contributed by atoms with Crippen LogP contribution in [0.15, 0.2) is 48.0 Å². The van der Waals surface area contributed by atoms with Gasteiger partial charge in [-0.25, -0.2) is 0 Å². The summed E-state index contributed by atoms with van der Waals surface area (Å²) in [6.07, 6.45) is 5.84. The fourth-order valence-electron chi connectivity index (χ4n) is 4.71. The molecule has 1 aliphatic heterocycles. The highest BCUT2D eigenvalue weighted by atomic mass is 16.5. The van der Waals surface area contributed by atoms with Gasteiger partial charge >= 0.3 is 5.97 Å². The van der Waals surface area contributed by atoms with Crippen molar-refractivity contribution < 1.29 is 24.2 Å². The molecule has 2 aromatic carbocycles. The minimum Gasteiger partial charge on any atom is -0.507 e. The van der Waals surface area contributed by atoms with E-state index in [1.165, 1.54) is 23.0 Å². The summed E-state index contributed by atoms with van der Waals surface area (Å²) in [6.45, 7) is 3.76. The number of esters is 1. The Morgan fingerprint density at radius 2 is 1.76 bits per heavy atom. The van der Waals surface area contributed by atoms with Gasteiger partial charge in [-0.15, -0.1) is 0 Å². The molecule has 1 N–H and O–H groups in total. The molecule has 1 heterocycles. The molecule has 0 spiro atoms. The van der Waals surface area contributed by atoms with E-state index in [1.807, 2.05) is 25.1 Å². The zero-order valence-electron chi connectivity index (χ0n) is 19.1. The summed E-state index contributed by atoms with van der Waals surface area (Å²) in [7, 11) is 0. The molecule has 1 unspecified atom stereocenters. The predicted molar refractivity (Wildman–Crippen MR) is 125 cm³/mol. The number of aliphatic hydroxyl groups excluding tert-OH is 1. The third-order valence-corrected chi connectivity index (χ3v) is 6.37. The summed E-state index contributed by atoms with van der Waals surface area (Å²) in [5.41, 5.74) is 3.81. The van der Waals surface area contributed by atoms with Crippen molar-refractivity contribution in [2.45, 2.75) is 58.4 Å². The van der Waals surface area contributed by atoms with Crippen LogP contribution in [0.3, 0.4) is 0 Å². The number of ether oxygens (including phenoxy) is 1. The van der Waals surface area contributed by atoms with Gasteiger partial charge in [0, 0.05) is 19.0 Å². The molecule has 33 heavy (non-hydrogen) atoms. The van der Waals surface area contributed by atoms with Crippen LogP contribution in [0.1, 0.15) is 67.8 Å². The van der Waals surface area contributed by atoms with Gasteiger partial charge in [-0.1, -0.05) is 37.6 Å². The Labute approximate surface area is 193 Å². The number of aliphatic hydroxyl groups is 1. The van der Waals surface area contributed by atoms with Gasteiger partial charge in [0.1, 0.15) is 11.5 Å². The van der Waals surface area contributed by atoms with Crippen LogP contribution in [-0.2, 0) is 27.2 Å². The first-order valence-corrected chi connectivity index (χ1v) is 11.6. The third kappa shape index (κ3) is 4.56. The Kier molecular flexibility index (Phi) is 6.63. The molecule has 1 amide bonds. The highest BCUT2D eigenvalue weighted by molar-refractivity contribution is 6.46. The van der Waals surface area contributed by atoms with E-state index in [-0.39, 0.29) is 11.3 Å². The maximum Gasteiger partial charge on any atom is 0.308 e. The Hall–Kier alpha value is -3.41. The second-order valence-corrected chi connectivity index (χ2v) is 8.70. The molecule has 1 aliphatic carbocycles. The molecule has 6 heteroatoms. The first kappa shape index (κ1) is 22.8. The van der Waals surface area contributed by atoms with Gasteiger partial charge in [-0.2, -0.15) is 0 Å². The lowest BCUT2D eigenvalue weighted by atomic mass is 9.88. The van der Waals surface area contributed by atoms with E-state index in [0.717, 1.165) is 38.5 Å². The lowest BCUT2D eigenvalue weighted by molar-refractivity contribution is -0.139. The van der Waals surface area contributed by atoms with Gasteiger partial charge in [0.2, 0.25) is 0 Å². The van der Waals surface area contributed by atoms with Crippen LogP contribution in [0.4, 0.5) is 0 Å². The first-order chi connectivity index (χ1) is 15.9. The second-order valence-electron chi connectivity index (χ2n) is 8.70. The van der Waals surface area contributed by atoms with Crippen LogP contribution >= 0.6 is 0 Å². The summed E-state index contributed by atoms with van der Waals surface area (Å²) >= 11 is 0. The van der Waals surface area contributed by atoms with Gasteiger partial charge in [0.05, 0.1) is 11.6 Å². The van der Waals surface area contributed by atoms with E-state index in [4.69, 9.17) is 4.74 Å². The van der Waals surface area contributed by atoms with E-state index >= 15 is 0 Å². The maximum atomic E-state index is 13.1. The summed E-state index contributed by atoms with van der Waals surface area (Å²) in [5, 5.41) is 11.3. The molecule has 1 fully saturated rings. The number of nitrogens with zero attached hydrogens (tertiary/aromatic N) is 1. The number of rotatable bonds is 6. The standard InChI is InChI=1S/C27H29NO5/c1-3-4-15-28-24(19-11-13-22(14-12-19)33-17(2)29)23(26(31)27(28)32)25(30)21-10-9-18-7-5-6-8-20(18)16-21/h9-14,16,24,30H,3-8,15H2,1-2H3/b25-23-. The van der Waals surface area contributed by atoms with Crippen molar-refractivity contribution in [1.29, 1.82) is 0 Å². The van der Waals surface area contributed by atoms with Crippen molar-refractivity contribution in [2.24, 2.45) is 0 Å². The number of amides is 1. The number of carbonyl (C=O) groups is 3. The predicted octanol–water partition coefficient (Wildman–Crippen LogP) is 4.71. The van der Waals surface area contributed by atoms with E-state index in [2.05, 4.69) is 0 Å². The van der Waals surface area contributed by atoms with Crippen LogP contribution in [0.2, 0.25) is 0 Å². The largest absolute Gasteiger partial charge is 0.507 e. The fourth-order valence-corrected chi connectivity index (χ4v) is 4.71. The second kappa shape index (κ2) is 9.61. The number of aryl methyl sites for hydroxylation is 2. The Balaban J connectivity index is 1.79. The van der Waals surface area contributed by atoms with Crippen molar-refractivity contribution in [2.75, 3.05) is 6.54 Å². The number of hydrogen-bond donors (Lipinski definition) is 1. The molecule has 0 bridgehead atoms. The minimum atomic E-state index is -0.695. The molecule has 0 aromatic heterocycles. The normalized spacial score (nSPS) is 19.5. The molecule has 172 valence electrons. The van der Waals surface area contributed by atoms with Crippen molar-refractivity contribution in [3.63, 3.8) is 0 Å². The molecule has 2 aromatic rings. The molecular formula is C27H29NO5. The van der Waals surface area contributed by atoms with E-state index in [0.29, 0.717) is 23.4 Å². The molecule has 4 rings (SSSR count). The highest BCUT2D eigenvalue weighted by Gasteiger charge is 2.45. The number of Topliss-reactive ketones (excluding diaryl/α,β-unsaturated/α-hetero) is 1. The molecule has 1 saturated heterocycles. The highest BCUT2D eigenvalue weighted by Crippen LogP contribution is 2.40. The number of fused-ring (bicyclic) bond motifs is 1. The van der Waals surface area contributed by atoms with Crippen LogP contribution in [0.5, 0.6) is 5.75 Å². The van der Waals surface area contributed by atoms with Gasteiger partial charge in [0.25, 0.3) is 11.7 Å². The minimum absolute atomic E-state index is 0.104. The zero-order chi connectivity index (χ0) is 23.5. The van der Waals surface area contributed by atoms with E-state index < -0.39 is 23.7 Å². The quantitative estimate of drug-likeness (QED) is 0.228. The van der Waals surface area contributed by atoms with Gasteiger partial charge in [0.15, 0.2) is 0 Å². The summed E-state index contributed by atoms with van der Waals surface area (Å²) < 4.78 is 5.11. The topological polar surface area (TPSA) is 83.9 Å². The zero-order valence-corrected chi connectivity index (χ0v) is 19.1. The van der Waals surface area contributed by atoms with Crippen LogP contribution in [-0.4, -0.2) is 34.2 Å². The summed E-state index contributed by atoms with van der Waals surface area (Å²) in [4.78, 5) is 38.8. The Morgan fingerprint density at radius 3 is 2.42 bits per heavy atom. The average Bonchev–Trinajstić information content (AvgIpc) is 3.07. The third-order valence-electron chi connectivity index (χ3n) is 6.37. The first-order valence-electron chi connectivity index (χ1n) is 11.6. The smallest absolute Gasteiger partial charge is 0.308 e. The number of benzene rings is 2. The number of carbonyl (C=O) groups excluding carboxylic acids is 3. The average molecular weight is 448 g/mol. The van der Waals surface area contributed by atoms with Crippen molar-refractivity contribution in [3.05, 3.63) is 70.3 Å². The van der Waals surface area contributed by atoms with Crippen LogP contribution in [0, 0.1) is 0 Å². The van der Waals surface area contributed by atoms with Gasteiger partial charge < -0.3 is 14.7 Å². The summed E-state index contributed by atoms with van der Waals surface area (Å²) in [6, 6.07) is 11.8. The van der Waals surface area contributed by atoms with E-state index in [9.17, 15) is 19.5 Å². The number of likely N-dealkylation sites (tertiary alicyclic amines) is 1. The van der Waals surface area contributed by atoms with Crippen molar-refractivity contribution >= 4 is 23.4 Å². The van der Waals surface area contributed by atoms with Crippen LogP contribution < -0.4 is 4.74 Å². The molecule has 0 saturated carbocycles. The van der Waals surface area contributed by atoms with Crippen molar-refractivity contribution in [1.82, 2.24) is 4.90 Å². The fraction of sp³-hybridized carbons (Fsp3) is 0.370. The lowest BCUT2D eigenvalue weighted by Crippen LogP contribution is -2.30. The molecule has 0 radical (unpaired) electrons. The molecular weight excluding hydrogens is 418 g/mol. The van der Waals surface area contributed by atoms with Gasteiger partial charge in [-0.05, 0) is 67.0 Å². The maximum absolute atomic E-state index is 13.1. The number of ketones is 1.